The Kier molecular flexibility index (Phi) is 7.21. The van der Waals surface area contributed by atoms with Crippen LogP contribution in [0.5, 0.6) is 11.5 Å². The van der Waals surface area contributed by atoms with Crippen molar-refractivity contribution < 1.29 is 23.0 Å². The van der Waals surface area contributed by atoms with Gasteiger partial charge >= 0.3 is 0 Å². The number of fused-ring (bicyclic) bond motifs is 10. The number of imidazole rings is 1. The van der Waals surface area contributed by atoms with E-state index in [1.54, 1.807) is 12.3 Å². The van der Waals surface area contributed by atoms with E-state index < -0.39 is 36.3 Å². The molecule has 12 aromatic rings. The summed E-state index contributed by atoms with van der Waals surface area (Å²) in [5.41, 5.74) is 12.0. The molecule has 328 valence electrons. The van der Waals surface area contributed by atoms with Crippen LogP contribution in [0.25, 0.3) is 106 Å². The number of benzene rings is 9. The van der Waals surface area contributed by atoms with Crippen LogP contribution >= 0.6 is 0 Å². The Morgan fingerprint density at radius 2 is 1.14 bits per heavy atom. The van der Waals surface area contributed by atoms with Gasteiger partial charge in [-0.1, -0.05) is 178 Å². The number of rotatable bonds is 6. The SMILES string of the molecule is [2H]c1c([2H])c([2H])c(-c2ccc3c(c2)c2ccc(Oc4cccc(-n5[c-][n+]6c7c(cccc75)-c5ccccc5-c5ccccc5-c5cccc(-c7c([2H])c([2H])c([2H])c([2H])c7[2H])c5-6)c4)cc2n3-c2cc(C(C)(C)C)ccn2)c([2H])c1[2H]. The van der Waals surface area contributed by atoms with E-state index in [4.69, 9.17) is 20.7 Å². The van der Waals surface area contributed by atoms with Crippen molar-refractivity contribution in [3.63, 3.8) is 0 Å². The minimum Gasteiger partial charge on any atom is -0.458 e. The van der Waals surface area contributed by atoms with Gasteiger partial charge in [0.15, 0.2) is 0 Å². The summed E-state index contributed by atoms with van der Waals surface area (Å²) in [6.07, 6.45) is 5.51. The summed E-state index contributed by atoms with van der Waals surface area (Å²) >= 11 is 0. The first-order valence-electron chi connectivity index (χ1n) is 27.8. The maximum absolute atomic E-state index is 9.22. The molecular weight excluding hydrogens is 841 g/mol. The zero-order valence-electron chi connectivity index (χ0n) is 47.8. The first kappa shape index (κ1) is 31.2. The van der Waals surface area contributed by atoms with Gasteiger partial charge in [-0.15, -0.1) is 0 Å². The third-order valence-electron chi connectivity index (χ3n) is 13.1. The number of hydrogen-bond acceptors (Lipinski definition) is 2. The van der Waals surface area contributed by atoms with Crippen molar-refractivity contribution in [2.45, 2.75) is 26.2 Å². The molecule has 0 bridgehead atoms. The number of para-hydroxylation sites is 2. The van der Waals surface area contributed by atoms with Crippen LogP contribution in [0, 0.1) is 6.33 Å². The Morgan fingerprint density at radius 3 is 1.90 bits per heavy atom. The molecule has 13 rings (SSSR count). The molecule has 0 saturated carbocycles. The minimum atomic E-state index is -0.468. The van der Waals surface area contributed by atoms with Crippen molar-refractivity contribution in [3.05, 3.63) is 236 Å². The second-order valence-corrected chi connectivity index (χ2v) is 18.2. The van der Waals surface area contributed by atoms with Crippen LogP contribution in [0.3, 0.4) is 0 Å². The molecule has 0 spiro atoms. The average Bonchev–Trinajstić information content (AvgIpc) is 3.59. The molecule has 0 unspecified atom stereocenters. The summed E-state index contributed by atoms with van der Waals surface area (Å²) < 4.78 is 99.7. The highest BCUT2D eigenvalue weighted by atomic mass is 16.5. The molecule has 1 aliphatic rings. The fraction of sp³-hybridized carbons (Fsp3) is 0.0625. The number of aromatic nitrogens is 4. The lowest BCUT2D eigenvalue weighted by molar-refractivity contribution is -0.570. The third-order valence-corrected chi connectivity index (χ3v) is 13.1. The van der Waals surface area contributed by atoms with Crippen molar-refractivity contribution in [2.24, 2.45) is 0 Å². The predicted molar refractivity (Wildman–Crippen MR) is 282 cm³/mol. The largest absolute Gasteiger partial charge is 0.458 e. The van der Waals surface area contributed by atoms with E-state index in [0.29, 0.717) is 39.8 Å². The first-order valence-corrected chi connectivity index (χ1v) is 22.8. The Bertz CT molecular complexity index is 4540. The quantitative estimate of drug-likeness (QED) is 0.123. The van der Waals surface area contributed by atoms with Gasteiger partial charge in [0.1, 0.15) is 17.3 Å². The Hall–Kier alpha value is -8.80. The molecule has 3 aromatic heterocycles. The second kappa shape index (κ2) is 15.9. The fourth-order valence-electron chi connectivity index (χ4n) is 9.91. The summed E-state index contributed by atoms with van der Waals surface area (Å²) in [7, 11) is 0. The van der Waals surface area contributed by atoms with Gasteiger partial charge in [-0.05, 0) is 121 Å². The van der Waals surface area contributed by atoms with Gasteiger partial charge in [-0.2, -0.15) is 0 Å². The lowest BCUT2D eigenvalue weighted by atomic mass is 9.88. The summed E-state index contributed by atoms with van der Waals surface area (Å²) in [5, 5.41) is 1.63. The van der Waals surface area contributed by atoms with Crippen LogP contribution in [0.1, 0.15) is 40.0 Å². The van der Waals surface area contributed by atoms with Crippen molar-refractivity contribution in [1.82, 2.24) is 14.1 Å². The molecule has 1 aliphatic heterocycles. The molecular formula is C64H46N4O. The maximum Gasteiger partial charge on any atom is 0.269 e. The van der Waals surface area contributed by atoms with Gasteiger partial charge < -0.3 is 4.74 Å². The van der Waals surface area contributed by atoms with E-state index in [2.05, 4.69) is 68.1 Å². The molecule has 0 fully saturated rings. The molecule has 5 heteroatoms. The molecule has 0 N–H and O–H groups in total. The molecule has 0 radical (unpaired) electrons. The minimum absolute atomic E-state index is 0.0787. The zero-order valence-corrected chi connectivity index (χ0v) is 37.8. The van der Waals surface area contributed by atoms with Gasteiger partial charge in [0.2, 0.25) is 0 Å². The fourth-order valence-corrected chi connectivity index (χ4v) is 9.91. The van der Waals surface area contributed by atoms with Crippen molar-refractivity contribution in [1.29, 1.82) is 0 Å². The highest BCUT2D eigenvalue weighted by Gasteiger charge is 2.26. The zero-order chi connectivity index (χ0) is 54.9. The van der Waals surface area contributed by atoms with Crippen LogP contribution in [-0.4, -0.2) is 14.1 Å². The number of pyridine rings is 1. The smallest absolute Gasteiger partial charge is 0.269 e. The van der Waals surface area contributed by atoms with Gasteiger partial charge in [-0.3, -0.25) is 13.7 Å². The van der Waals surface area contributed by atoms with Gasteiger partial charge in [-0.25, -0.2) is 4.98 Å². The normalized spacial score (nSPS) is 14.0. The van der Waals surface area contributed by atoms with Crippen LogP contribution in [0.4, 0.5) is 0 Å². The molecule has 5 nitrogen and oxygen atoms in total. The van der Waals surface area contributed by atoms with Crippen LogP contribution < -0.4 is 9.30 Å². The monoisotopic (exact) mass is 896 g/mol. The van der Waals surface area contributed by atoms with Gasteiger partial charge in [0.25, 0.3) is 6.33 Å². The van der Waals surface area contributed by atoms with E-state index in [-0.39, 0.29) is 40.7 Å². The summed E-state index contributed by atoms with van der Waals surface area (Å²) in [5.74, 6) is 1.72. The van der Waals surface area contributed by atoms with E-state index in [0.717, 1.165) is 71.8 Å². The van der Waals surface area contributed by atoms with Crippen LogP contribution in [0.2, 0.25) is 0 Å². The maximum atomic E-state index is 9.22. The molecule has 9 aromatic carbocycles. The predicted octanol–water partition coefficient (Wildman–Crippen LogP) is 15.9. The van der Waals surface area contributed by atoms with E-state index in [9.17, 15) is 2.74 Å². The summed E-state index contributed by atoms with van der Waals surface area (Å²) in [6, 6.07) is 47.6. The van der Waals surface area contributed by atoms with Crippen LogP contribution in [-0.2, 0) is 5.41 Å². The van der Waals surface area contributed by atoms with Crippen molar-refractivity contribution >= 4 is 32.8 Å². The lowest BCUT2D eigenvalue weighted by Crippen LogP contribution is -2.32. The lowest BCUT2D eigenvalue weighted by Gasteiger charge is -2.20. The topological polar surface area (TPSA) is 35.9 Å². The van der Waals surface area contributed by atoms with Gasteiger partial charge in [0.05, 0.1) is 47.1 Å². The Balaban J connectivity index is 0.995. The van der Waals surface area contributed by atoms with E-state index in [1.807, 2.05) is 124 Å². The number of ether oxygens (including phenoxy) is 1. The van der Waals surface area contributed by atoms with E-state index in [1.165, 1.54) is 0 Å². The summed E-state index contributed by atoms with van der Waals surface area (Å²) in [4.78, 5) is 4.88. The molecule has 0 atom stereocenters. The Labute approximate surface area is 415 Å². The highest BCUT2D eigenvalue weighted by molar-refractivity contribution is 6.11. The van der Waals surface area contributed by atoms with Crippen LogP contribution in [0.15, 0.2) is 224 Å². The van der Waals surface area contributed by atoms with Crippen molar-refractivity contribution in [3.8, 4) is 84.3 Å². The first-order chi connectivity index (χ1) is 38.0. The molecule has 0 amide bonds. The van der Waals surface area contributed by atoms with Crippen molar-refractivity contribution in [2.75, 3.05) is 0 Å². The molecule has 69 heavy (non-hydrogen) atoms. The summed E-state index contributed by atoms with van der Waals surface area (Å²) in [6.45, 7) is 6.44. The third kappa shape index (κ3) is 6.77. The number of nitrogens with zero attached hydrogens (tertiary/aromatic N) is 4. The Morgan fingerprint density at radius 1 is 0.507 bits per heavy atom. The molecule has 0 saturated heterocycles. The molecule has 0 aliphatic carbocycles. The second-order valence-electron chi connectivity index (χ2n) is 18.2. The average molecular weight is 897 g/mol. The highest BCUT2D eigenvalue weighted by Crippen LogP contribution is 2.45. The standard InChI is InChI=1S/C64H46N4O/c1-64(2,3)45-35-36-65-61(38-45)68-58-34-31-44(42-17-6-4-7-18-42)37-57(58)54-33-32-48(40-60(54)68)69-47-22-14-21-46(39-47)66-41-67-62-49(43-19-8-5-9-20-43)27-15-28-55(62)52-25-12-10-23-50(52)51-24-11-13-26-53(51)56-29-16-30-59(66)63(56)67/h4-40H,1-3H3/i4D,5D,6D,7D,8D,9D,17D,18D,19D,20D. The van der Waals surface area contributed by atoms with E-state index >= 15 is 0 Å². The van der Waals surface area contributed by atoms with Gasteiger partial charge in [0, 0.05) is 23.0 Å². The number of hydrogen-bond donors (Lipinski definition) is 0. The molecule has 4 heterocycles.